The summed E-state index contributed by atoms with van der Waals surface area (Å²) in [4.78, 5) is 12.1. The minimum absolute atomic E-state index is 0.0213. The summed E-state index contributed by atoms with van der Waals surface area (Å²) >= 11 is 0. The Balaban J connectivity index is 2.60. The minimum Gasteiger partial charge on any atom is -0.497 e. The van der Waals surface area contributed by atoms with Crippen LogP contribution in [-0.2, 0) is 10.2 Å². The summed E-state index contributed by atoms with van der Waals surface area (Å²) in [5.41, 5.74) is 0.231. The largest absolute Gasteiger partial charge is 0.497 e. The van der Waals surface area contributed by atoms with E-state index in [4.69, 9.17) is 15.3 Å². The average molecular weight is 241 g/mol. The van der Waals surface area contributed by atoms with Crippen molar-refractivity contribution in [1.29, 1.82) is 10.5 Å². The third-order valence-corrected chi connectivity index (χ3v) is 3.19. The first kappa shape index (κ1) is 11.9. The van der Waals surface area contributed by atoms with Gasteiger partial charge >= 0.3 is 0 Å². The monoisotopic (exact) mass is 241 g/mol. The summed E-state index contributed by atoms with van der Waals surface area (Å²) < 4.78 is 5.12. The fourth-order valence-electron chi connectivity index (χ4n) is 2.20. The molecule has 90 valence electrons. The molecule has 0 aliphatic carbocycles. The predicted molar refractivity (Wildman–Crippen MR) is 63.8 cm³/mol. The summed E-state index contributed by atoms with van der Waals surface area (Å²) in [6.07, 6.45) is -0.0425. The highest BCUT2D eigenvalue weighted by Crippen LogP contribution is 2.43. The van der Waals surface area contributed by atoms with Gasteiger partial charge in [0.2, 0.25) is 5.91 Å². The fraction of sp³-hybridized carbons (Fsp3) is 0.308. The summed E-state index contributed by atoms with van der Waals surface area (Å²) in [6.45, 7) is 0. The smallest absolute Gasteiger partial charge is 0.237 e. The van der Waals surface area contributed by atoms with Crippen LogP contribution in [0.3, 0.4) is 0 Å². The molecule has 0 saturated carbocycles. The van der Waals surface area contributed by atoms with Crippen LogP contribution in [0.15, 0.2) is 18.2 Å². The molecule has 1 heterocycles. The molecule has 1 amide bonds. The number of rotatable bonds is 3. The molecule has 0 saturated heterocycles. The standard InChI is InChI=1S/C13H11N3O2/c1-18-9-2-3-11-10(8-9)13(4-6-14,5-7-15)12(17)16-11/h2-3,8H,4-5H2,1H3,(H,16,17). The molecular weight excluding hydrogens is 230 g/mol. The number of ether oxygens (including phenoxy) is 1. The first-order chi connectivity index (χ1) is 8.67. The van der Waals surface area contributed by atoms with Gasteiger partial charge in [-0.2, -0.15) is 10.5 Å². The molecule has 1 aromatic rings. The Morgan fingerprint density at radius 1 is 1.33 bits per heavy atom. The maximum atomic E-state index is 12.1. The van der Waals surface area contributed by atoms with E-state index >= 15 is 0 Å². The van der Waals surface area contributed by atoms with E-state index in [9.17, 15) is 4.79 Å². The highest BCUT2D eigenvalue weighted by Gasteiger charge is 2.47. The van der Waals surface area contributed by atoms with Crippen molar-refractivity contribution < 1.29 is 9.53 Å². The molecule has 2 rings (SSSR count). The van der Waals surface area contributed by atoms with Gasteiger partial charge in [-0.15, -0.1) is 0 Å². The van der Waals surface area contributed by atoms with Gasteiger partial charge in [0.25, 0.3) is 0 Å². The van der Waals surface area contributed by atoms with Crippen LogP contribution in [0.2, 0.25) is 0 Å². The van der Waals surface area contributed by atoms with Gasteiger partial charge in [-0.05, 0) is 23.8 Å². The first-order valence-corrected chi connectivity index (χ1v) is 5.42. The van der Waals surface area contributed by atoms with Crippen molar-refractivity contribution in [3.8, 4) is 17.9 Å². The van der Waals surface area contributed by atoms with E-state index in [1.165, 1.54) is 7.11 Å². The van der Waals surface area contributed by atoms with E-state index in [0.29, 0.717) is 17.0 Å². The van der Waals surface area contributed by atoms with Crippen LogP contribution in [0.5, 0.6) is 5.75 Å². The molecule has 18 heavy (non-hydrogen) atoms. The lowest BCUT2D eigenvalue weighted by Gasteiger charge is -2.21. The van der Waals surface area contributed by atoms with Gasteiger partial charge in [0.1, 0.15) is 11.2 Å². The van der Waals surface area contributed by atoms with Gasteiger partial charge in [-0.25, -0.2) is 0 Å². The lowest BCUT2D eigenvalue weighted by atomic mass is 9.76. The van der Waals surface area contributed by atoms with E-state index in [-0.39, 0.29) is 18.7 Å². The molecule has 1 N–H and O–H groups in total. The van der Waals surface area contributed by atoms with Crippen molar-refractivity contribution in [2.45, 2.75) is 18.3 Å². The van der Waals surface area contributed by atoms with Crippen molar-refractivity contribution in [2.75, 3.05) is 12.4 Å². The number of nitrogens with one attached hydrogen (secondary N) is 1. The molecule has 0 spiro atoms. The van der Waals surface area contributed by atoms with E-state index in [1.807, 2.05) is 12.1 Å². The van der Waals surface area contributed by atoms with Crippen molar-refractivity contribution in [1.82, 2.24) is 0 Å². The highest BCUT2D eigenvalue weighted by atomic mass is 16.5. The molecule has 0 fully saturated rings. The molecule has 0 atom stereocenters. The number of fused-ring (bicyclic) bond motifs is 1. The highest BCUT2D eigenvalue weighted by molar-refractivity contribution is 6.06. The van der Waals surface area contributed by atoms with Gasteiger partial charge in [-0.3, -0.25) is 4.79 Å². The topological polar surface area (TPSA) is 85.9 Å². The summed E-state index contributed by atoms with van der Waals surface area (Å²) in [5.74, 6) is 0.305. The van der Waals surface area contributed by atoms with Crippen LogP contribution in [0, 0.1) is 22.7 Å². The second-order valence-electron chi connectivity index (χ2n) is 4.12. The fourth-order valence-corrected chi connectivity index (χ4v) is 2.20. The third-order valence-electron chi connectivity index (χ3n) is 3.19. The SMILES string of the molecule is COc1ccc2c(c1)C(CC#N)(CC#N)C(=O)N2. The van der Waals surface area contributed by atoms with Crippen LogP contribution in [0.25, 0.3) is 0 Å². The molecule has 0 bridgehead atoms. The molecule has 0 unspecified atom stereocenters. The van der Waals surface area contributed by atoms with Crippen molar-refractivity contribution in [3.63, 3.8) is 0 Å². The maximum absolute atomic E-state index is 12.1. The molecule has 1 aromatic carbocycles. The quantitative estimate of drug-likeness (QED) is 0.872. The Labute approximate surface area is 105 Å². The number of hydrogen-bond donors (Lipinski definition) is 1. The van der Waals surface area contributed by atoms with Gasteiger partial charge < -0.3 is 10.1 Å². The Morgan fingerprint density at radius 3 is 2.56 bits per heavy atom. The Bertz CT molecular complexity index is 565. The molecule has 0 aromatic heterocycles. The second kappa shape index (κ2) is 4.38. The molecule has 1 aliphatic rings. The van der Waals surface area contributed by atoms with Crippen LogP contribution in [0.4, 0.5) is 5.69 Å². The number of amides is 1. The summed E-state index contributed by atoms with van der Waals surface area (Å²) in [6, 6.07) is 9.15. The van der Waals surface area contributed by atoms with E-state index in [0.717, 1.165) is 0 Å². The van der Waals surface area contributed by atoms with Gasteiger partial charge in [0.05, 0.1) is 32.1 Å². The Kier molecular flexibility index (Phi) is 2.91. The van der Waals surface area contributed by atoms with Gasteiger partial charge in [0.15, 0.2) is 0 Å². The minimum atomic E-state index is -1.08. The lowest BCUT2D eigenvalue weighted by Crippen LogP contribution is -2.33. The Morgan fingerprint density at radius 2 is 2.00 bits per heavy atom. The zero-order valence-electron chi connectivity index (χ0n) is 9.86. The number of hydrogen-bond acceptors (Lipinski definition) is 4. The number of benzene rings is 1. The predicted octanol–water partition coefficient (Wildman–Crippen LogP) is 1.71. The Hall–Kier alpha value is -2.53. The lowest BCUT2D eigenvalue weighted by molar-refractivity contribution is -0.120. The van der Waals surface area contributed by atoms with Crippen LogP contribution < -0.4 is 10.1 Å². The van der Waals surface area contributed by atoms with E-state index in [1.54, 1.807) is 18.2 Å². The number of nitrogens with zero attached hydrogens (tertiary/aromatic N) is 2. The number of nitriles is 2. The molecule has 5 heteroatoms. The van der Waals surface area contributed by atoms with Crippen LogP contribution in [-0.4, -0.2) is 13.0 Å². The summed E-state index contributed by atoms with van der Waals surface area (Å²) in [5, 5.41) is 20.5. The van der Waals surface area contributed by atoms with E-state index < -0.39 is 5.41 Å². The van der Waals surface area contributed by atoms with Crippen molar-refractivity contribution >= 4 is 11.6 Å². The van der Waals surface area contributed by atoms with Crippen LogP contribution in [0.1, 0.15) is 18.4 Å². The second-order valence-corrected chi connectivity index (χ2v) is 4.12. The number of anilines is 1. The van der Waals surface area contributed by atoms with Crippen LogP contribution >= 0.6 is 0 Å². The van der Waals surface area contributed by atoms with Crippen molar-refractivity contribution in [3.05, 3.63) is 23.8 Å². The van der Waals surface area contributed by atoms with E-state index in [2.05, 4.69) is 5.32 Å². The number of carbonyl (C=O) groups excluding carboxylic acids is 1. The van der Waals surface area contributed by atoms with Crippen molar-refractivity contribution in [2.24, 2.45) is 0 Å². The van der Waals surface area contributed by atoms with Gasteiger partial charge in [0, 0.05) is 5.69 Å². The molecular formula is C13H11N3O2. The zero-order valence-corrected chi connectivity index (χ0v) is 9.86. The molecule has 5 nitrogen and oxygen atoms in total. The maximum Gasteiger partial charge on any atom is 0.237 e. The van der Waals surface area contributed by atoms with Gasteiger partial charge in [-0.1, -0.05) is 0 Å². The summed E-state index contributed by atoms with van der Waals surface area (Å²) in [7, 11) is 1.53. The molecule has 0 radical (unpaired) electrons. The zero-order chi connectivity index (χ0) is 13.2. The average Bonchev–Trinajstić information content (AvgIpc) is 2.63. The third kappa shape index (κ3) is 1.57. The normalized spacial score (nSPS) is 15.2. The molecule has 1 aliphatic heterocycles. The number of methoxy groups -OCH3 is 1. The first-order valence-electron chi connectivity index (χ1n) is 5.42. The number of carbonyl (C=O) groups is 1.